The summed E-state index contributed by atoms with van der Waals surface area (Å²) in [5, 5.41) is 22.1. The standard InChI is InChI=1S/C25H20N2O3S/c1-16-11-19(13-22(28)23(16)29)24(31)21-10-6-5-9-18(21)12-20(14-26)25(30)27-15-17-7-3-2-4-8-17/h2-10,12-13,23,29H,1,11,15H2,(H,27,30). The van der Waals surface area contributed by atoms with Crippen LogP contribution in [-0.2, 0) is 16.1 Å². The minimum Gasteiger partial charge on any atom is -0.381 e. The number of ketones is 1. The molecule has 0 radical (unpaired) electrons. The average Bonchev–Trinajstić information content (AvgIpc) is 2.79. The molecule has 0 bridgehead atoms. The fraction of sp³-hybridized carbons (Fsp3) is 0.120. The molecule has 3 rings (SSSR count). The molecule has 1 amide bonds. The Labute approximate surface area is 186 Å². The molecular weight excluding hydrogens is 408 g/mol. The van der Waals surface area contributed by atoms with Gasteiger partial charge in [-0.05, 0) is 40.8 Å². The predicted molar refractivity (Wildman–Crippen MR) is 123 cm³/mol. The number of nitrogens with zero attached hydrogens (tertiary/aromatic N) is 1. The molecular formula is C25H20N2O3S. The van der Waals surface area contributed by atoms with E-state index in [9.17, 15) is 20.0 Å². The SMILES string of the molecule is C=C1CC(C(=S)c2ccccc2C=C(C#N)C(=O)NCc2ccccc2)=CC(=O)C1O. The van der Waals surface area contributed by atoms with Gasteiger partial charge in [0.2, 0.25) is 0 Å². The van der Waals surface area contributed by atoms with E-state index in [1.165, 1.54) is 12.2 Å². The number of nitrogens with one attached hydrogen (secondary N) is 1. The number of carbonyl (C=O) groups excluding carboxylic acids is 2. The van der Waals surface area contributed by atoms with Crippen molar-refractivity contribution in [1.82, 2.24) is 5.32 Å². The van der Waals surface area contributed by atoms with Crippen LogP contribution in [0.15, 0.2) is 84.0 Å². The molecule has 31 heavy (non-hydrogen) atoms. The second-order valence-electron chi connectivity index (χ2n) is 7.06. The maximum Gasteiger partial charge on any atom is 0.262 e. The Morgan fingerprint density at radius 1 is 1.23 bits per heavy atom. The lowest BCUT2D eigenvalue weighted by Crippen LogP contribution is -2.26. The van der Waals surface area contributed by atoms with Crippen LogP contribution in [0.1, 0.15) is 23.1 Å². The summed E-state index contributed by atoms with van der Waals surface area (Å²) < 4.78 is 0. The van der Waals surface area contributed by atoms with Crippen molar-refractivity contribution in [2.45, 2.75) is 19.1 Å². The fourth-order valence-electron chi connectivity index (χ4n) is 3.17. The maximum absolute atomic E-state index is 12.5. The molecule has 2 N–H and O–H groups in total. The second-order valence-corrected chi connectivity index (χ2v) is 7.47. The summed E-state index contributed by atoms with van der Waals surface area (Å²) in [6, 6.07) is 18.4. The molecule has 0 spiro atoms. The van der Waals surface area contributed by atoms with Crippen molar-refractivity contribution >= 4 is 34.8 Å². The first-order valence-electron chi connectivity index (χ1n) is 9.58. The van der Waals surface area contributed by atoms with E-state index in [0.29, 0.717) is 33.7 Å². The number of hydrogen-bond donors (Lipinski definition) is 2. The van der Waals surface area contributed by atoms with Gasteiger partial charge in [-0.2, -0.15) is 5.26 Å². The Balaban J connectivity index is 1.85. The van der Waals surface area contributed by atoms with Crippen molar-refractivity contribution in [3.05, 3.63) is 101 Å². The number of rotatable bonds is 6. The highest BCUT2D eigenvalue weighted by Crippen LogP contribution is 2.26. The highest BCUT2D eigenvalue weighted by Gasteiger charge is 2.26. The molecule has 0 aromatic heterocycles. The van der Waals surface area contributed by atoms with Gasteiger partial charge in [0.05, 0.1) is 0 Å². The van der Waals surface area contributed by atoms with Crippen molar-refractivity contribution in [2.24, 2.45) is 0 Å². The molecule has 1 unspecified atom stereocenters. The molecule has 1 atom stereocenters. The Bertz CT molecular complexity index is 1160. The lowest BCUT2D eigenvalue weighted by Gasteiger charge is -2.20. The molecule has 0 fully saturated rings. The van der Waals surface area contributed by atoms with E-state index in [1.54, 1.807) is 24.3 Å². The number of benzene rings is 2. The van der Waals surface area contributed by atoms with Crippen molar-refractivity contribution in [3.63, 3.8) is 0 Å². The van der Waals surface area contributed by atoms with Crippen LogP contribution in [0.25, 0.3) is 6.08 Å². The van der Waals surface area contributed by atoms with Gasteiger partial charge in [0.25, 0.3) is 5.91 Å². The number of aliphatic hydroxyl groups excluding tert-OH is 1. The minimum atomic E-state index is -1.21. The van der Waals surface area contributed by atoms with Gasteiger partial charge in [-0.3, -0.25) is 9.59 Å². The Morgan fingerprint density at radius 3 is 2.58 bits per heavy atom. The number of aliphatic hydroxyl groups is 1. The molecule has 0 saturated heterocycles. The smallest absolute Gasteiger partial charge is 0.262 e. The monoisotopic (exact) mass is 428 g/mol. The van der Waals surface area contributed by atoms with Crippen LogP contribution in [0.4, 0.5) is 0 Å². The molecule has 6 heteroatoms. The Kier molecular flexibility index (Phi) is 7.03. The van der Waals surface area contributed by atoms with E-state index in [1.807, 2.05) is 36.4 Å². The number of allylic oxidation sites excluding steroid dienone is 1. The summed E-state index contributed by atoms with van der Waals surface area (Å²) >= 11 is 5.59. The van der Waals surface area contributed by atoms with Gasteiger partial charge >= 0.3 is 0 Å². The summed E-state index contributed by atoms with van der Waals surface area (Å²) in [7, 11) is 0. The number of hydrogen-bond acceptors (Lipinski definition) is 5. The van der Waals surface area contributed by atoms with Crippen LogP contribution in [0.2, 0.25) is 0 Å². The van der Waals surface area contributed by atoms with E-state index in [4.69, 9.17) is 12.2 Å². The van der Waals surface area contributed by atoms with Crippen LogP contribution >= 0.6 is 12.2 Å². The van der Waals surface area contributed by atoms with E-state index < -0.39 is 17.8 Å². The van der Waals surface area contributed by atoms with Gasteiger partial charge in [-0.25, -0.2) is 0 Å². The fourth-order valence-corrected chi connectivity index (χ4v) is 3.49. The van der Waals surface area contributed by atoms with Crippen molar-refractivity contribution in [3.8, 4) is 6.07 Å². The summed E-state index contributed by atoms with van der Waals surface area (Å²) in [5.41, 5.74) is 3.03. The summed E-state index contributed by atoms with van der Waals surface area (Å²) in [6.07, 6.45) is 1.89. The highest BCUT2D eigenvalue weighted by atomic mass is 32.1. The molecule has 5 nitrogen and oxygen atoms in total. The third-order valence-corrected chi connectivity index (χ3v) is 5.33. The molecule has 1 aliphatic rings. The van der Waals surface area contributed by atoms with Gasteiger partial charge in [0, 0.05) is 17.0 Å². The van der Waals surface area contributed by atoms with Crippen LogP contribution in [0.3, 0.4) is 0 Å². The molecule has 2 aromatic carbocycles. The number of amides is 1. The Morgan fingerprint density at radius 2 is 1.90 bits per heavy atom. The first kappa shape index (κ1) is 22.0. The zero-order chi connectivity index (χ0) is 22.4. The number of nitriles is 1. The molecule has 0 saturated carbocycles. The largest absolute Gasteiger partial charge is 0.381 e. The summed E-state index contributed by atoms with van der Waals surface area (Å²) in [6.45, 7) is 4.05. The van der Waals surface area contributed by atoms with Gasteiger partial charge in [0.15, 0.2) is 5.78 Å². The molecule has 154 valence electrons. The normalized spacial score (nSPS) is 16.3. The van der Waals surface area contributed by atoms with Crippen LogP contribution < -0.4 is 5.32 Å². The van der Waals surface area contributed by atoms with Crippen LogP contribution in [0, 0.1) is 11.3 Å². The lowest BCUT2D eigenvalue weighted by atomic mass is 9.87. The van der Waals surface area contributed by atoms with Gasteiger partial charge in [-0.1, -0.05) is 73.4 Å². The molecule has 1 aliphatic carbocycles. The third kappa shape index (κ3) is 5.28. The average molecular weight is 429 g/mol. The van der Waals surface area contributed by atoms with Crippen molar-refractivity contribution in [2.75, 3.05) is 0 Å². The lowest BCUT2D eigenvalue weighted by molar-refractivity contribution is -0.121. The molecule has 0 aliphatic heterocycles. The quantitative estimate of drug-likeness (QED) is 0.242. The van der Waals surface area contributed by atoms with Gasteiger partial charge in [0.1, 0.15) is 17.7 Å². The molecule has 2 aromatic rings. The zero-order valence-electron chi connectivity index (χ0n) is 16.7. The number of carbonyl (C=O) groups is 2. The molecule has 0 heterocycles. The Hall–Kier alpha value is -3.66. The first-order valence-corrected chi connectivity index (χ1v) is 9.99. The van der Waals surface area contributed by atoms with E-state index in [0.717, 1.165) is 5.56 Å². The van der Waals surface area contributed by atoms with Crippen LogP contribution in [-0.4, -0.2) is 27.8 Å². The van der Waals surface area contributed by atoms with E-state index in [2.05, 4.69) is 11.9 Å². The summed E-state index contributed by atoms with van der Waals surface area (Å²) in [4.78, 5) is 24.9. The minimum absolute atomic E-state index is 0.0558. The first-order chi connectivity index (χ1) is 14.9. The van der Waals surface area contributed by atoms with Gasteiger partial charge < -0.3 is 10.4 Å². The number of thiocarbonyl (C=S) groups is 1. The van der Waals surface area contributed by atoms with Crippen molar-refractivity contribution < 1.29 is 14.7 Å². The second kappa shape index (κ2) is 9.90. The zero-order valence-corrected chi connectivity index (χ0v) is 17.5. The van der Waals surface area contributed by atoms with Crippen LogP contribution in [0.5, 0.6) is 0 Å². The van der Waals surface area contributed by atoms with E-state index in [-0.39, 0.29) is 12.0 Å². The topological polar surface area (TPSA) is 90.2 Å². The third-order valence-electron chi connectivity index (χ3n) is 4.85. The van der Waals surface area contributed by atoms with Gasteiger partial charge in [-0.15, -0.1) is 0 Å². The highest BCUT2D eigenvalue weighted by molar-refractivity contribution is 7.81. The van der Waals surface area contributed by atoms with Crippen molar-refractivity contribution in [1.29, 1.82) is 5.26 Å². The predicted octanol–water partition coefficient (Wildman–Crippen LogP) is 3.44. The summed E-state index contributed by atoms with van der Waals surface area (Å²) in [5.74, 6) is -0.949. The van der Waals surface area contributed by atoms with E-state index >= 15 is 0 Å². The maximum atomic E-state index is 12.5.